The van der Waals surface area contributed by atoms with Gasteiger partial charge in [0.05, 0.1) is 11.4 Å². The summed E-state index contributed by atoms with van der Waals surface area (Å²) in [5.74, 6) is -3.40. The van der Waals surface area contributed by atoms with Crippen LogP contribution in [-0.2, 0) is 49.6 Å². The van der Waals surface area contributed by atoms with Crippen molar-refractivity contribution in [2.75, 3.05) is 54.0 Å². The molecule has 0 unspecified atom stereocenters. The van der Waals surface area contributed by atoms with Crippen molar-refractivity contribution in [2.45, 2.75) is 19.3 Å². The quantitative estimate of drug-likeness (QED) is 0.0445. The third kappa shape index (κ3) is 12.5. The molecule has 0 saturated heterocycles. The molecule has 5 rings (SSSR count). The van der Waals surface area contributed by atoms with Gasteiger partial charge in [-0.2, -0.15) is 0 Å². The maximum absolute atomic E-state index is 13.1. The second kappa shape index (κ2) is 20.9. The van der Waals surface area contributed by atoms with Crippen molar-refractivity contribution in [3.8, 4) is 0 Å². The van der Waals surface area contributed by atoms with Gasteiger partial charge in [0, 0.05) is 124 Å². The number of carbonyl (C=O) groups excluding carboxylic acids is 8. The predicted molar refractivity (Wildman–Crippen MR) is 227 cm³/mol. The first kappa shape index (κ1) is 46.0. The van der Waals surface area contributed by atoms with Gasteiger partial charge in [-0.3, -0.25) is 38.4 Å². The van der Waals surface area contributed by atoms with Crippen LogP contribution in [0.25, 0.3) is 0 Å². The molecule has 25 nitrogen and oxygen atoms in total. The Hall–Kier alpha value is -8.09. The highest BCUT2D eigenvalue weighted by atomic mass is 16.2. The van der Waals surface area contributed by atoms with Gasteiger partial charge >= 0.3 is 0 Å². The number of aromatic nitrogens is 8. The highest BCUT2D eigenvalue weighted by molar-refractivity contribution is 6.04. The second-order valence-electron chi connectivity index (χ2n) is 14.1. The minimum atomic E-state index is -0.626. The number of imidazole rings is 3. The monoisotopic (exact) mass is 871 g/mol. The van der Waals surface area contributed by atoms with E-state index in [0.717, 1.165) is 0 Å². The van der Waals surface area contributed by atoms with E-state index in [1.807, 2.05) is 0 Å². The lowest BCUT2D eigenvalue weighted by Gasteiger charge is -2.06. The Morgan fingerprint density at radius 3 is 1.40 bits per heavy atom. The zero-order chi connectivity index (χ0) is 45.8. The number of aryl methyl sites for hydroxylation is 5. The van der Waals surface area contributed by atoms with E-state index >= 15 is 0 Å². The normalized spacial score (nSPS) is 10.8. The molecule has 0 spiro atoms. The summed E-state index contributed by atoms with van der Waals surface area (Å²) in [4.78, 5) is 113. The van der Waals surface area contributed by atoms with Gasteiger partial charge in [-0.05, 0) is 12.1 Å². The number of hydrogen-bond donors (Lipinski definition) is 9. The van der Waals surface area contributed by atoms with Crippen molar-refractivity contribution in [3.05, 3.63) is 78.2 Å². The molecule has 0 aliphatic heterocycles. The van der Waals surface area contributed by atoms with E-state index in [2.05, 4.69) is 57.5 Å². The molecule has 5 heterocycles. The van der Waals surface area contributed by atoms with Crippen molar-refractivity contribution in [2.24, 2.45) is 41.0 Å². The number of nitrogens with two attached hydrogens (primary N) is 1. The summed E-state index contributed by atoms with van der Waals surface area (Å²) in [5, 5.41) is 21.1. The fraction of sp³-hybridized carbons (Fsp3) is 0.342. The Morgan fingerprint density at radius 1 is 0.492 bits per heavy atom. The molecule has 10 N–H and O–H groups in total. The molecule has 0 aliphatic rings. The zero-order valence-electron chi connectivity index (χ0n) is 35.2. The van der Waals surface area contributed by atoms with Crippen molar-refractivity contribution in [1.29, 1.82) is 0 Å². The SMILES string of the molecule is Cn1cc(NC(=O)c2nc(NC(=O)CCNC(=O)c3cc(NC(=O)c4nccn4C)cn3C)cn2C)cc1C(=O)NCCC(=O)Nc1cn(C)c(C(=O)NCCC(=O)NCCN)n1. The molecular weight excluding hydrogens is 823 g/mol. The van der Waals surface area contributed by atoms with E-state index in [1.54, 1.807) is 52.2 Å². The maximum atomic E-state index is 13.1. The van der Waals surface area contributed by atoms with Crippen molar-refractivity contribution < 1.29 is 38.4 Å². The number of anilines is 4. The van der Waals surface area contributed by atoms with Gasteiger partial charge < -0.3 is 71.1 Å². The van der Waals surface area contributed by atoms with Crippen molar-refractivity contribution in [1.82, 2.24) is 59.1 Å². The Balaban J connectivity index is 1.03. The van der Waals surface area contributed by atoms with Crippen LogP contribution in [0, 0.1) is 0 Å². The second-order valence-corrected chi connectivity index (χ2v) is 14.1. The summed E-state index contributed by atoms with van der Waals surface area (Å²) in [5.41, 5.74) is 6.45. The molecule has 25 heteroatoms. The van der Waals surface area contributed by atoms with E-state index in [4.69, 9.17) is 5.73 Å². The molecular formula is C38H49N17O8. The van der Waals surface area contributed by atoms with Crippen LogP contribution in [0.5, 0.6) is 0 Å². The van der Waals surface area contributed by atoms with Crippen LogP contribution in [0.4, 0.5) is 23.0 Å². The molecule has 0 aliphatic carbocycles. The first-order valence-corrected chi connectivity index (χ1v) is 19.4. The Morgan fingerprint density at radius 2 is 0.937 bits per heavy atom. The smallest absolute Gasteiger partial charge is 0.291 e. The summed E-state index contributed by atoms with van der Waals surface area (Å²) >= 11 is 0. The molecule has 334 valence electrons. The molecule has 5 aromatic rings. The predicted octanol–water partition coefficient (Wildman–Crippen LogP) is -1.22. The molecule has 0 aromatic carbocycles. The molecule has 0 bridgehead atoms. The summed E-state index contributed by atoms with van der Waals surface area (Å²) in [6.07, 6.45) is 8.94. The summed E-state index contributed by atoms with van der Waals surface area (Å²) in [6.45, 7) is 0.659. The summed E-state index contributed by atoms with van der Waals surface area (Å²) < 4.78 is 7.41. The number of amides is 8. The topological polar surface area (TPSA) is 322 Å². The van der Waals surface area contributed by atoms with E-state index in [-0.39, 0.29) is 91.0 Å². The van der Waals surface area contributed by atoms with E-state index in [0.29, 0.717) is 18.8 Å². The van der Waals surface area contributed by atoms with Gasteiger partial charge in [0.25, 0.3) is 29.5 Å². The average Bonchev–Trinajstić information content (AvgIpc) is 4.06. The molecule has 0 radical (unpaired) electrons. The Labute approximate surface area is 359 Å². The van der Waals surface area contributed by atoms with Crippen LogP contribution in [0.15, 0.2) is 49.3 Å². The number of nitrogens with one attached hydrogen (secondary N) is 8. The molecule has 0 saturated carbocycles. The third-order valence-corrected chi connectivity index (χ3v) is 9.09. The standard InChI is InChI=1S/C38H49N17O8/c1-51-15-14-41-31(51)37(62)45-22-16-24(52(2)18-22)34(59)42-12-8-30(58)48-27-21-55(5)33(50-27)38(63)46-23-17-25(53(3)19-23)35(60)43-11-7-29(57)47-26-20-54(4)32(49-26)36(61)44-10-6-28(56)40-13-9-39/h14-21H,6-13,39H2,1-5H3,(H,40,56)(H,42,59)(H,43,60)(H,44,61)(H,45,62)(H,46,63)(H,47,57)(H,48,58). The molecule has 5 aromatic heterocycles. The minimum absolute atomic E-state index is 0.0166. The van der Waals surface area contributed by atoms with Crippen LogP contribution < -0.4 is 48.3 Å². The fourth-order valence-corrected chi connectivity index (χ4v) is 5.99. The van der Waals surface area contributed by atoms with Crippen LogP contribution in [-0.4, -0.2) is 118 Å². The minimum Gasteiger partial charge on any atom is -0.355 e. The lowest BCUT2D eigenvalue weighted by atomic mass is 10.3. The third-order valence-electron chi connectivity index (χ3n) is 9.09. The first-order valence-electron chi connectivity index (χ1n) is 19.4. The molecule has 63 heavy (non-hydrogen) atoms. The summed E-state index contributed by atoms with van der Waals surface area (Å²) in [7, 11) is 8.06. The molecule has 8 amide bonds. The lowest BCUT2D eigenvalue weighted by molar-refractivity contribution is -0.121. The highest BCUT2D eigenvalue weighted by Crippen LogP contribution is 2.17. The molecule has 0 fully saturated rings. The van der Waals surface area contributed by atoms with E-state index < -0.39 is 41.4 Å². The summed E-state index contributed by atoms with van der Waals surface area (Å²) in [6, 6.07) is 2.94. The number of carbonyl (C=O) groups is 8. The highest BCUT2D eigenvalue weighted by Gasteiger charge is 2.21. The van der Waals surface area contributed by atoms with Gasteiger partial charge in [-0.15, -0.1) is 0 Å². The Kier molecular flexibility index (Phi) is 15.3. The number of hydrogen-bond acceptors (Lipinski definition) is 12. The van der Waals surface area contributed by atoms with Gasteiger partial charge in [0.15, 0.2) is 17.5 Å². The number of rotatable bonds is 20. The van der Waals surface area contributed by atoms with Crippen LogP contribution >= 0.6 is 0 Å². The zero-order valence-corrected chi connectivity index (χ0v) is 35.2. The largest absolute Gasteiger partial charge is 0.355 e. The maximum Gasteiger partial charge on any atom is 0.291 e. The van der Waals surface area contributed by atoms with Gasteiger partial charge in [0.2, 0.25) is 29.4 Å². The van der Waals surface area contributed by atoms with Crippen LogP contribution in [0.2, 0.25) is 0 Å². The Bertz CT molecular complexity index is 2520. The number of nitrogens with zero attached hydrogens (tertiary/aromatic N) is 8. The first-order chi connectivity index (χ1) is 30.0. The van der Waals surface area contributed by atoms with Crippen LogP contribution in [0.3, 0.4) is 0 Å². The lowest BCUT2D eigenvalue weighted by Crippen LogP contribution is -2.33. The van der Waals surface area contributed by atoms with Gasteiger partial charge in [-0.25, -0.2) is 15.0 Å². The average molecular weight is 872 g/mol. The van der Waals surface area contributed by atoms with Gasteiger partial charge in [0.1, 0.15) is 11.4 Å². The fourth-order valence-electron chi connectivity index (χ4n) is 5.99. The molecule has 0 atom stereocenters. The van der Waals surface area contributed by atoms with E-state index in [1.165, 1.54) is 55.2 Å². The van der Waals surface area contributed by atoms with Crippen molar-refractivity contribution >= 4 is 70.3 Å². The van der Waals surface area contributed by atoms with Crippen molar-refractivity contribution in [3.63, 3.8) is 0 Å². The van der Waals surface area contributed by atoms with Crippen LogP contribution in [0.1, 0.15) is 72.1 Å². The van der Waals surface area contributed by atoms with E-state index in [9.17, 15) is 38.4 Å². The van der Waals surface area contributed by atoms with Gasteiger partial charge in [-0.1, -0.05) is 0 Å².